The molecule has 4 aromatic rings. The van der Waals surface area contributed by atoms with Crippen LogP contribution in [-0.4, -0.2) is 47.3 Å². The van der Waals surface area contributed by atoms with Crippen LogP contribution in [0.2, 0.25) is 0 Å². The van der Waals surface area contributed by atoms with Gasteiger partial charge in [0.25, 0.3) is 11.5 Å². The Morgan fingerprint density at radius 2 is 1.64 bits per heavy atom. The van der Waals surface area contributed by atoms with Gasteiger partial charge in [-0.3, -0.25) is 14.2 Å². The predicted molar refractivity (Wildman–Crippen MR) is 136 cm³/mol. The fourth-order valence-corrected chi connectivity index (χ4v) is 5.36. The number of pyridine rings is 1. The number of halogens is 1. The van der Waals surface area contributed by atoms with Crippen molar-refractivity contribution in [2.75, 3.05) is 27.3 Å². The molecule has 7 nitrogen and oxygen atoms in total. The first-order valence-electron chi connectivity index (χ1n) is 12.4. The lowest BCUT2D eigenvalue weighted by Crippen LogP contribution is -2.36. The van der Waals surface area contributed by atoms with Gasteiger partial charge in [-0.1, -0.05) is 0 Å². The van der Waals surface area contributed by atoms with Crippen molar-refractivity contribution in [3.63, 3.8) is 0 Å². The van der Waals surface area contributed by atoms with E-state index in [1.54, 1.807) is 18.3 Å². The van der Waals surface area contributed by atoms with Gasteiger partial charge in [-0.05, 0) is 62.4 Å². The van der Waals surface area contributed by atoms with Gasteiger partial charge in [0, 0.05) is 42.3 Å². The maximum atomic E-state index is 14.9. The molecule has 36 heavy (non-hydrogen) atoms. The predicted octanol–water partition coefficient (Wildman–Crippen LogP) is 5.06. The molecule has 0 radical (unpaired) electrons. The van der Waals surface area contributed by atoms with Gasteiger partial charge in [0.2, 0.25) is 0 Å². The average molecular weight is 490 g/mol. The maximum Gasteiger partial charge on any atom is 0.263 e. The van der Waals surface area contributed by atoms with E-state index in [1.165, 1.54) is 30.9 Å². The van der Waals surface area contributed by atoms with Crippen molar-refractivity contribution in [2.45, 2.75) is 38.1 Å². The highest BCUT2D eigenvalue weighted by molar-refractivity contribution is 6.07. The zero-order chi connectivity index (χ0) is 25.0. The molecule has 2 aromatic carbocycles. The number of amides is 1. The van der Waals surface area contributed by atoms with Gasteiger partial charge in [0.15, 0.2) is 11.5 Å². The van der Waals surface area contributed by atoms with E-state index in [0.717, 1.165) is 43.0 Å². The Morgan fingerprint density at radius 3 is 2.31 bits per heavy atom. The zero-order valence-corrected chi connectivity index (χ0v) is 20.4. The molecule has 2 aromatic heterocycles. The van der Waals surface area contributed by atoms with Gasteiger partial charge in [-0.25, -0.2) is 4.39 Å². The summed E-state index contributed by atoms with van der Waals surface area (Å²) in [5, 5.41) is 1.57. The molecule has 0 atom stereocenters. The number of likely N-dealkylation sites (tertiary alicyclic amines) is 1. The van der Waals surface area contributed by atoms with Crippen LogP contribution in [0.1, 0.15) is 48.5 Å². The lowest BCUT2D eigenvalue weighted by atomic mass is 10.0. The summed E-state index contributed by atoms with van der Waals surface area (Å²) in [7, 11) is 3.02. The second-order valence-corrected chi connectivity index (χ2v) is 9.64. The van der Waals surface area contributed by atoms with Crippen molar-refractivity contribution in [3.05, 3.63) is 64.5 Å². The third-order valence-corrected chi connectivity index (χ3v) is 7.38. The van der Waals surface area contributed by atoms with E-state index in [9.17, 15) is 14.0 Å². The Labute approximate surface area is 207 Å². The Hall–Kier alpha value is -3.81. The molecule has 0 bridgehead atoms. The van der Waals surface area contributed by atoms with E-state index in [-0.39, 0.29) is 11.5 Å². The fraction of sp³-hybridized carbons (Fsp3) is 0.357. The number of ether oxygens (including phenoxy) is 2. The molecule has 1 saturated carbocycles. The van der Waals surface area contributed by atoms with Gasteiger partial charge >= 0.3 is 0 Å². The molecule has 0 unspecified atom stereocenters. The number of carbonyl (C=O) groups is 1. The number of carbonyl (C=O) groups excluding carboxylic acids is 1. The van der Waals surface area contributed by atoms with E-state index in [2.05, 4.69) is 4.57 Å². The number of piperidine rings is 1. The molecule has 0 spiro atoms. The Bertz CT molecular complexity index is 1560. The number of rotatable bonds is 5. The molecular weight excluding hydrogens is 461 g/mol. The van der Waals surface area contributed by atoms with E-state index >= 15 is 0 Å². The van der Waals surface area contributed by atoms with Crippen LogP contribution in [0, 0.1) is 5.82 Å². The molecule has 6 rings (SSSR count). The number of hydrogen-bond donors (Lipinski definition) is 0. The van der Waals surface area contributed by atoms with Crippen LogP contribution in [0.3, 0.4) is 0 Å². The first-order valence-corrected chi connectivity index (χ1v) is 12.4. The van der Waals surface area contributed by atoms with E-state index < -0.39 is 5.82 Å². The standard InChI is InChI=1S/C28H28FN3O4/c1-35-25-14-20-21(15-26(25)36-2)28(34)32(16-22(20)27(33)30-9-4-3-5-10-30)24-13-17(29)12-23-19(24)8-11-31(23)18-6-7-18/h8,11-16,18H,3-7,9-10H2,1-2H3. The van der Waals surface area contributed by atoms with Crippen molar-refractivity contribution in [1.29, 1.82) is 0 Å². The number of fused-ring (bicyclic) bond motifs is 2. The van der Waals surface area contributed by atoms with Crippen LogP contribution in [0.15, 0.2) is 47.5 Å². The Kier molecular flexibility index (Phi) is 5.47. The third-order valence-electron chi connectivity index (χ3n) is 7.38. The third kappa shape index (κ3) is 3.63. The minimum Gasteiger partial charge on any atom is -0.493 e. The molecule has 186 valence electrons. The number of hydrogen-bond acceptors (Lipinski definition) is 4. The molecule has 2 aliphatic rings. The molecule has 8 heteroatoms. The van der Waals surface area contributed by atoms with Gasteiger partial charge in [-0.2, -0.15) is 0 Å². The average Bonchev–Trinajstić information content (AvgIpc) is 3.66. The molecule has 2 fully saturated rings. The molecular formula is C28H28FN3O4. The maximum absolute atomic E-state index is 14.9. The lowest BCUT2D eigenvalue weighted by Gasteiger charge is -2.27. The topological polar surface area (TPSA) is 65.7 Å². The Morgan fingerprint density at radius 1 is 0.944 bits per heavy atom. The van der Waals surface area contributed by atoms with Gasteiger partial charge in [-0.15, -0.1) is 0 Å². The second-order valence-electron chi connectivity index (χ2n) is 9.64. The van der Waals surface area contributed by atoms with Crippen LogP contribution >= 0.6 is 0 Å². The lowest BCUT2D eigenvalue weighted by molar-refractivity contribution is 0.0725. The van der Waals surface area contributed by atoms with Crippen LogP contribution in [0.5, 0.6) is 11.5 Å². The van der Waals surface area contributed by atoms with Crippen LogP contribution < -0.4 is 15.0 Å². The van der Waals surface area contributed by atoms with Crippen molar-refractivity contribution in [3.8, 4) is 17.2 Å². The first kappa shape index (κ1) is 22.6. The summed E-state index contributed by atoms with van der Waals surface area (Å²) in [6, 6.07) is 8.44. The first-order chi connectivity index (χ1) is 17.5. The smallest absolute Gasteiger partial charge is 0.263 e. The highest BCUT2D eigenvalue weighted by Gasteiger charge is 2.27. The highest BCUT2D eigenvalue weighted by Crippen LogP contribution is 2.39. The SMILES string of the molecule is COc1cc2c(C(=O)N3CCCCC3)cn(-c3cc(F)cc4c3ccn4C3CC3)c(=O)c2cc1OC. The minimum absolute atomic E-state index is 0.149. The summed E-state index contributed by atoms with van der Waals surface area (Å²) < 4.78 is 29.3. The molecule has 1 saturated heterocycles. The molecule has 0 N–H and O–H groups in total. The second kappa shape index (κ2) is 8.69. The quantitative estimate of drug-likeness (QED) is 0.393. The van der Waals surface area contributed by atoms with Crippen LogP contribution in [0.25, 0.3) is 27.4 Å². The number of nitrogens with zero attached hydrogens (tertiary/aromatic N) is 3. The summed E-state index contributed by atoms with van der Waals surface area (Å²) >= 11 is 0. The van der Waals surface area contributed by atoms with Gasteiger partial charge < -0.3 is 18.9 Å². The molecule has 1 aliphatic carbocycles. The summed E-state index contributed by atoms with van der Waals surface area (Å²) in [5.74, 6) is 0.246. The van der Waals surface area contributed by atoms with Crippen molar-refractivity contribution >= 4 is 27.6 Å². The van der Waals surface area contributed by atoms with E-state index in [4.69, 9.17) is 9.47 Å². The summed E-state index contributed by atoms with van der Waals surface area (Å²) in [6.45, 7) is 1.34. The largest absolute Gasteiger partial charge is 0.493 e. The molecule has 1 aliphatic heterocycles. The van der Waals surface area contributed by atoms with Crippen LogP contribution in [0.4, 0.5) is 4.39 Å². The van der Waals surface area contributed by atoms with Crippen molar-refractivity contribution in [1.82, 2.24) is 14.0 Å². The summed E-state index contributed by atoms with van der Waals surface area (Å²) in [4.78, 5) is 29.5. The fourth-order valence-electron chi connectivity index (χ4n) is 5.36. The van der Waals surface area contributed by atoms with Gasteiger partial charge in [0.05, 0.1) is 36.4 Å². The van der Waals surface area contributed by atoms with Crippen LogP contribution in [-0.2, 0) is 0 Å². The number of benzene rings is 2. The number of aromatic nitrogens is 2. The molecule has 1 amide bonds. The zero-order valence-electron chi connectivity index (χ0n) is 20.4. The Balaban J connectivity index is 1.64. The molecule has 3 heterocycles. The monoisotopic (exact) mass is 489 g/mol. The van der Waals surface area contributed by atoms with Crippen molar-refractivity contribution < 1.29 is 18.7 Å². The minimum atomic E-state index is -0.429. The van der Waals surface area contributed by atoms with Gasteiger partial charge in [0.1, 0.15) is 5.82 Å². The summed E-state index contributed by atoms with van der Waals surface area (Å²) in [5.41, 5.74) is 1.19. The normalized spacial score (nSPS) is 16.0. The van der Waals surface area contributed by atoms with E-state index in [1.807, 2.05) is 17.2 Å². The highest BCUT2D eigenvalue weighted by atomic mass is 19.1. The van der Waals surface area contributed by atoms with E-state index in [0.29, 0.717) is 52.7 Å². The number of methoxy groups -OCH3 is 2. The van der Waals surface area contributed by atoms with Crippen molar-refractivity contribution in [2.24, 2.45) is 0 Å². The summed E-state index contributed by atoms with van der Waals surface area (Å²) in [6.07, 6.45) is 8.61.